The van der Waals surface area contributed by atoms with E-state index in [0.29, 0.717) is 6.07 Å². The first-order valence-corrected chi connectivity index (χ1v) is 4.27. The van der Waals surface area contributed by atoms with Gasteiger partial charge in [0.25, 0.3) is 0 Å². The van der Waals surface area contributed by atoms with Crippen molar-refractivity contribution in [2.45, 2.75) is 12.6 Å². The molecule has 0 atom stereocenters. The number of halogens is 4. The van der Waals surface area contributed by atoms with Gasteiger partial charge in [0.1, 0.15) is 5.82 Å². The molecule has 0 saturated carbocycles. The Labute approximate surface area is 88.8 Å². The third-order valence-electron chi connectivity index (χ3n) is 1.95. The highest BCUT2D eigenvalue weighted by Crippen LogP contribution is 2.34. The van der Waals surface area contributed by atoms with E-state index >= 15 is 0 Å². The monoisotopic (exact) mass is 236 g/mol. The highest BCUT2D eigenvalue weighted by molar-refractivity contribution is 5.73. The summed E-state index contributed by atoms with van der Waals surface area (Å²) in [4.78, 5) is 10.9. The van der Waals surface area contributed by atoms with Crippen molar-refractivity contribution < 1.29 is 27.1 Å². The second-order valence-corrected chi connectivity index (χ2v) is 3.02. The zero-order valence-electron chi connectivity index (χ0n) is 8.27. The van der Waals surface area contributed by atoms with Crippen molar-refractivity contribution >= 4 is 5.97 Å². The molecular formula is C10H8F4O2. The number of rotatable bonds is 2. The SMILES string of the molecule is COC(=O)Cc1cccc(F)c1C(F)(F)F. The summed E-state index contributed by atoms with van der Waals surface area (Å²) < 4.78 is 54.7. The maximum absolute atomic E-state index is 13.0. The molecule has 1 aromatic rings. The lowest BCUT2D eigenvalue weighted by Crippen LogP contribution is -2.15. The Balaban J connectivity index is 3.18. The number of benzene rings is 1. The van der Waals surface area contributed by atoms with Gasteiger partial charge in [-0.05, 0) is 11.6 Å². The van der Waals surface area contributed by atoms with Crippen LogP contribution in [0, 0.1) is 5.82 Å². The number of hydrogen-bond donors (Lipinski definition) is 0. The number of alkyl halides is 3. The first-order chi connectivity index (χ1) is 7.36. The third-order valence-corrected chi connectivity index (χ3v) is 1.95. The van der Waals surface area contributed by atoms with Gasteiger partial charge in [-0.2, -0.15) is 13.2 Å². The number of carbonyl (C=O) groups excluding carboxylic acids is 1. The van der Waals surface area contributed by atoms with E-state index in [-0.39, 0.29) is 0 Å². The van der Waals surface area contributed by atoms with Crippen LogP contribution in [-0.4, -0.2) is 13.1 Å². The Morgan fingerprint density at radius 3 is 2.50 bits per heavy atom. The predicted molar refractivity (Wildman–Crippen MR) is 47.1 cm³/mol. The zero-order valence-corrected chi connectivity index (χ0v) is 8.27. The number of hydrogen-bond acceptors (Lipinski definition) is 2. The van der Waals surface area contributed by atoms with Gasteiger partial charge in [0.05, 0.1) is 19.1 Å². The molecule has 0 unspecified atom stereocenters. The fourth-order valence-corrected chi connectivity index (χ4v) is 1.26. The van der Waals surface area contributed by atoms with Gasteiger partial charge in [0.15, 0.2) is 0 Å². The number of esters is 1. The van der Waals surface area contributed by atoms with E-state index in [1.54, 1.807) is 0 Å². The van der Waals surface area contributed by atoms with Gasteiger partial charge in [-0.25, -0.2) is 4.39 Å². The lowest BCUT2D eigenvalue weighted by molar-refractivity contribution is -0.142. The van der Waals surface area contributed by atoms with E-state index in [4.69, 9.17) is 0 Å². The summed E-state index contributed by atoms with van der Waals surface area (Å²) in [6, 6.07) is 2.86. The van der Waals surface area contributed by atoms with Crippen LogP contribution in [0.25, 0.3) is 0 Å². The minimum absolute atomic E-state index is 0.431. The third kappa shape index (κ3) is 2.71. The molecule has 88 valence electrons. The molecule has 0 N–H and O–H groups in total. The molecule has 0 bridgehead atoms. The Kier molecular flexibility index (Phi) is 3.51. The van der Waals surface area contributed by atoms with Gasteiger partial charge in [0, 0.05) is 0 Å². The van der Waals surface area contributed by atoms with Gasteiger partial charge < -0.3 is 4.74 Å². The summed E-state index contributed by atoms with van der Waals surface area (Å²) >= 11 is 0. The van der Waals surface area contributed by atoms with E-state index in [0.717, 1.165) is 19.2 Å². The van der Waals surface area contributed by atoms with Crippen LogP contribution in [0.1, 0.15) is 11.1 Å². The Morgan fingerprint density at radius 1 is 1.38 bits per heavy atom. The standard InChI is InChI=1S/C10H8F4O2/c1-16-8(15)5-6-3-2-4-7(11)9(6)10(12,13)14/h2-4H,5H2,1H3. The van der Waals surface area contributed by atoms with Gasteiger partial charge >= 0.3 is 12.1 Å². The van der Waals surface area contributed by atoms with Gasteiger partial charge in [-0.15, -0.1) is 0 Å². The lowest BCUT2D eigenvalue weighted by atomic mass is 10.0. The average molecular weight is 236 g/mol. The van der Waals surface area contributed by atoms with Crippen LogP contribution in [0.5, 0.6) is 0 Å². The zero-order chi connectivity index (χ0) is 12.3. The fourth-order valence-electron chi connectivity index (χ4n) is 1.26. The molecule has 1 aromatic carbocycles. The molecule has 0 spiro atoms. The second-order valence-electron chi connectivity index (χ2n) is 3.02. The van der Waals surface area contributed by atoms with Gasteiger partial charge in [-0.3, -0.25) is 4.79 Å². The highest BCUT2D eigenvalue weighted by Gasteiger charge is 2.36. The van der Waals surface area contributed by atoms with E-state index in [2.05, 4.69) is 4.74 Å². The Hall–Kier alpha value is -1.59. The van der Waals surface area contributed by atoms with Crippen molar-refractivity contribution in [3.63, 3.8) is 0 Å². The quantitative estimate of drug-likeness (QED) is 0.582. The lowest BCUT2D eigenvalue weighted by Gasteiger charge is -2.12. The number of ether oxygens (including phenoxy) is 1. The Morgan fingerprint density at radius 2 is 2.00 bits per heavy atom. The van der Waals surface area contributed by atoms with Crippen LogP contribution in [0.3, 0.4) is 0 Å². The van der Waals surface area contributed by atoms with E-state index < -0.39 is 35.5 Å². The first kappa shape index (κ1) is 12.5. The van der Waals surface area contributed by atoms with Crippen molar-refractivity contribution in [1.29, 1.82) is 0 Å². The molecule has 0 heterocycles. The summed E-state index contributed by atoms with van der Waals surface area (Å²) in [5, 5.41) is 0. The second kappa shape index (κ2) is 4.51. The number of carbonyl (C=O) groups is 1. The molecular weight excluding hydrogens is 228 g/mol. The van der Waals surface area contributed by atoms with Crippen molar-refractivity contribution in [3.8, 4) is 0 Å². The normalized spacial score (nSPS) is 11.3. The molecule has 6 heteroatoms. The molecule has 0 aliphatic rings. The summed E-state index contributed by atoms with van der Waals surface area (Å²) in [6.45, 7) is 0. The van der Waals surface area contributed by atoms with Crippen LogP contribution in [0.15, 0.2) is 18.2 Å². The summed E-state index contributed by atoms with van der Waals surface area (Å²) in [5.74, 6) is -2.25. The summed E-state index contributed by atoms with van der Waals surface area (Å²) in [7, 11) is 1.05. The summed E-state index contributed by atoms with van der Waals surface area (Å²) in [5.41, 5.74) is -1.85. The largest absolute Gasteiger partial charge is 0.469 e. The van der Waals surface area contributed by atoms with Crippen LogP contribution in [-0.2, 0) is 22.1 Å². The van der Waals surface area contributed by atoms with Crippen LogP contribution < -0.4 is 0 Å². The highest BCUT2D eigenvalue weighted by atomic mass is 19.4. The van der Waals surface area contributed by atoms with Gasteiger partial charge in [0.2, 0.25) is 0 Å². The molecule has 2 nitrogen and oxygen atoms in total. The molecule has 16 heavy (non-hydrogen) atoms. The predicted octanol–water partition coefficient (Wildman–Crippen LogP) is 2.56. The number of methoxy groups -OCH3 is 1. The van der Waals surface area contributed by atoms with E-state index in [1.165, 1.54) is 0 Å². The molecule has 0 aliphatic heterocycles. The maximum atomic E-state index is 13.0. The molecule has 0 fully saturated rings. The summed E-state index contributed by atoms with van der Waals surface area (Å²) in [6.07, 6.45) is -5.43. The van der Waals surface area contributed by atoms with Crippen LogP contribution >= 0.6 is 0 Å². The fraction of sp³-hybridized carbons (Fsp3) is 0.300. The molecule has 1 rings (SSSR count). The van der Waals surface area contributed by atoms with Crippen molar-refractivity contribution in [1.82, 2.24) is 0 Å². The first-order valence-electron chi connectivity index (χ1n) is 4.27. The topological polar surface area (TPSA) is 26.3 Å². The smallest absolute Gasteiger partial charge is 0.419 e. The van der Waals surface area contributed by atoms with Gasteiger partial charge in [-0.1, -0.05) is 12.1 Å². The Bertz CT molecular complexity index is 398. The van der Waals surface area contributed by atoms with Crippen molar-refractivity contribution in [3.05, 3.63) is 35.1 Å². The molecule has 0 saturated heterocycles. The van der Waals surface area contributed by atoms with E-state index in [9.17, 15) is 22.4 Å². The average Bonchev–Trinajstić information content (AvgIpc) is 2.15. The minimum Gasteiger partial charge on any atom is -0.469 e. The van der Waals surface area contributed by atoms with Crippen LogP contribution in [0.2, 0.25) is 0 Å². The molecule has 0 aliphatic carbocycles. The van der Waals surface area contributed by atoms with E-state index in [1.807, 2.05) is 0 Å². The minimum atomic E-state index is -4.82. The maximum Gasteiger partial charge on any atom is 0.419 e. The molecule has 0 amide bonds. The van der Waals surface area contributed by atoms with Crippen molar-refractivity contribution in [2.75, 3.05) is 7.11 Å². The molecule has 0 radical (unpaired) electrons. The van der Waals surface area contributed by atoms with Crippen molar-refractivity contribution in [2.24, 2.45) is 0 Å². The molecule has 0 aromatic heterocycles. The van der Waals surface area contributed by atoms with Crippen LogP contribution in [0.4, 0.5) is 17.6 Å².